The molecule has 176 valence electrons. The molecule has 1 unspecified atom stereocenters. The molecule has 0 bridgehead atoms. The van der Waals surface area contributed by atoms with Gasteiger partial charge in [0.25, 0.3) is 17.7 Å². The number of hydrogen-bond acceptors (Lipinski definition) is 8. The summed E-state index contributed by atoms with van der Waals surface area (Å²) >= 11 is 0. The molecule has 1 atom stereocenters. The SMILES string of the molecule is CCOc1ccccc1-c1noc(COC(=O)C(CC(C)C)N2C(=O)c3ccccc3C2=O)n1. The molecule has 0 saturated carbocycles. The van der Waals surface area contributed by atoms with Crippen molar-refractivity contribution in [3.05, 3.63) is 65.5 Å². The van der Waals surface area contributed by atoms with Crippen molar-refractivity contribution in [3.8, 4) is 17.1 Å². The van der Waals surface area contributed by atoms with Crippen LogP contribution < -0.4 is 4.74 Å². The summed E-state index contributed by atoms with van der Waals surface area (Å²) in [6.07, 6.45) is 0.265. The van der Waals surface area contributed by atoms with Gasteiger partial charge in [-0.1, -0.05) is 43.3 Å². The van der Waals surface area contributed by atoms with Crippen molar-refractivity contribution in [1.82, 2.24) is 15.0 Å². The minimum Gasteiger partial charge on any atom is -0.493 e. The van der Waals surface area contributed by atoms with Gasteiger partial charge in [-0.2, -0.15) is 4.98 Å². The average molecular weight is 463 g/mol. The van der Waals surface area contributed by atoms with Crippen LogP contribution in [0.5, 0.6) is 5.75 Å². The van der Waals surface area contributed by atoms with Gasteiger partial charge in [0.2, 0.25) is 5.82 Å². The van der Waals surface area contributed by atoms with Crippen LogP contribution in [0.2, 0.25) is 0 Å². The van der Waals surface area contributed by atoms with Gasteiger partial charge in [-0.05, 0) is 43.5 Å². The first kappa shape index (κ1) is 23.2. The van der Waals surface area contributed by atoms with Crippen LogP contribution in [0.4, 0.5) is 0 Å². The van der Waals surface area contributed by atoms with Crippen LogP contribution in [0.1, 0.15) is 53.8 Å². The number of ether oxygens (including phenoxy) is 2. The van der Waals surface area contributed by atoms with Gasteiger partial charge in [0, 0.05) is 0 Å². The first-order valence-corrected chi connectivity index (χ1v) is 11.1. The Kier molecular flexibility index (Phi) is 6.72. The zero-order valence-corrected chi connectivity index (χ0v) is 19.2. The lowest BCUT2D eigenvalue weighted by molar-refractivity contribution is -0.151. The maximum absolute atomic E-state index is 13.0. The lowest BCUT2D eigenvalue weighted by Crippen LogP contribution is -2.46. The van der Waals surface area contributed by atoms with Crippen LogP contribution >= 0.6 is 0 Å². The van der Waals surface area contributed by atoms with E-state index in [9.17, 15) is 14.4 Å². The summed E-state index contributed by atoms with van der Waals surface area (Å²) in [7, 11) is 0. The van der Waals surface area contributed by atoms with Gasteiger partial charge in [0.15, 0.2) is 6.61 Å². The van der Waals surface area contributed by atoms with Crippen LogP contribution in [-0.2, 0) is 16.1 Å². The molecule has 1 aromatic heterocycles. The molecule has 9 nitrogen and oxygen atoms in total. The van der Waals surface area contributed by atoms with Crippen LogP contribution in [0.3, 0.4) is 0 Å². The topological polar surface area (TPSA) is 112 Å². The largest absolute Gasteiger partial charge is 0.493 e. The standard InChI is InChI=1S/C25H25N3O6/c1-4-32-20-12-8-7-11-18(20)22-26-21(34-27-22)14-33-25(31)19(13-15(2)3)28-23(29)16-9-5-6-10-17(16)24(28)30/h5-12,15,19H,4,13-14H2,1-3H3. The molecule has 1 aliphatic rings. The minimum atomic E-state index is -1.06. The number of nitrogens with zero attached hydrogens (tertiary/aromatic N) is 3. The Labute approximate surface area is 196 Å². The number of para-hydroxylation sites is 1. The van der Waals surface area contributed by atoms with Gasteiger partial charge in [-0.25, -0.2) is 4.79 Å². The van der Waals surface area contributed by atoms with Crippen LogP contribution in [0, 0.1) is 5.92 Å². The molecule has 0 saturated heterocycles. The van der Waals surface area contributed by atoms with Gasteiger partial charge in [-0.15, -0.1) is 0 Å². The van der Waals surface area contributed by atoms with E-state index in [-0.39, 0.29) is 36.0 Å². The first-order valence-electron chi connectivity index (χ1n) is 11.1. The number of carbonyl (C=O) groups is 3. The number of fused-ring (bicyclic) bond motifs is 1. The molecule has 0 aliphatic carbocycles. The van der Waals surface area contributed by atoms with E-state index in [1.807, 2.05) is 32.9 Å². The Morgan fingerprint density at radius 3 is 2.24 bits per heavy atom. The van der Waals surface area contributed by atoms with E-state index in [2.05, 4.69) is 10.1 Å². The van der Waals surface area contributed by atoms with E-state index in [0.29, 0.717) is 23.7 Å². The van der Waals surface area contributed by atoms with Gasteiger partial charge >= 0.3 is 5.97 Å². The summed E-state index contributed by atoms with van der Waals surface area (Å²) in [5, 5.41) is 3.95. The van der Waals surface area contributed by atoms with E-state index in [1.165, 1.54) is 0 Å². The molecule has 0 radical (unpaired) electrons. The Morgan fingerprint density at radius 2 is 1.62 bits per heavy atom. The second-order valence-corrected chi connectivity index (χ2v) is 8.22. The molecule has 0 N–H and O–H groups in total. The molecule has 2 aromatic carbocycles. The quantitative estimate of drug-likeness (QED) is 0.347. The van der Waals surface area contributed by atoms with Crippen molar-refractivity contribution < 1.29 is 28.4 Å². The van der Waals surface area contributed by atoms with Gasteiger partial charge < -0.3 is 14.0 Å². The van der Waals surface area contributed by atoms with E-state index in [4.69, 9.17) is 14.0 Å². The van der Waals surface area contributed by atoms with Crippen molar-refractivity contribution in [3.63, 3.8) is 0 Å². The van der Waals surface area contributed by atoms with Crippen LogP contribution in [-0.4, -0.2) is 45.5 Å². The summed E-state index contributed by atoms with van der Waals surface area (Å²) in [4.78, 5) is 44.1. The van der Waals surface area contributed by atoms with Crippen molar-refractivity contribution in [2.24, 2.45) is 5.92 Å². The van der Waals surface area contributed by atoms with Crippen molar-refractivity contribution >= 4 is 17.8 Å². The number of hydrogen-bond donors (Lipinski definition) is 0. The number of amides is 2. The Balaban J connectivity index is 1.49. The second kappa shape index (κ2) is 9.86. The number of benzene rings is 2. The third kappa shape index (κ3) is 4.54. The summed E-state index contributed by atoms with van der Waals surface area (Å²) in [5.74, 6) is -0.692. The molecule has 0 fully saturated rings. The fourth-order valence-electron chi connectivity index (χ4n) is 3.83. The lowest BCUT2D eigenvalue weighted by Gasteiger charge is -2.25. The molecule has 1 aliphatic heterocycles. The lowest BCUT2D eigenvalue weighted by atomic mass is 10.0. The van der Waals surface area contributed by atoms with Crippen molar-refractivity contribution in [1.29, 1.82) is 0 Å². The van der Waals surface area contributed by atoms with Gasteiger partial charge in [0.05, 0.1) is 23.3 Å². The summed E-state index contributed by atoms with van der Waals surface area (Å²) in [6, 6.07) is 12.7. The third-order valence-electron chi connectivity index (χ3n) is 5.34. The second-order valence-electron chi connectivity index (χ2n) is 8.22. The fourth-order valence-corrected chi connectivity index (χ4v) is 3.83. The summed E-state index contributed by atoms with van der Waals surface area (Å²) in [6.45, 7) is 5.87. The maximum atomic E-state index is 13.0. The molecule has 4 rings (SSSR count). The van der Waals surface area contributed by atoms with E-state index < -0.39 is 23.8 Å². The molecule has 2 heterocycles. The predicted octanol–water partition coefficient (Wildman–Crippen LogP) is 3.89. The highest BCUT2D eigenvalue weighted by Gasteiger charge is 2.43. The Bertz CT molecular complexity index is 1180. The highest BCUT2D eigenvalue weighted by molar-refractivity contribution is 6.22. The molecule has 9 heteroatoms. The number of aromatic nitrogens is 2. The monoisotopic (exact) mass is 463 g/mol. The summed E-state index contributed by atoms with van der Waals surface area (Å²) in [5.41, 5.74) is 1.21. The Morgan fingerprint density at radius 1 is 1.00 bits per heavy atom. The normalized spacial score (nSPS) is 13.8. The van der Waals surface area contributed by atoms with E-state index in [0.717, 1.165) is 4.90 Å². The smallest absolute Gasteiger partial charge is 0.329 e. The zero-order chi connectivity index (χ0) is 24.2. The van der Waals surface area contributed by atoms with Gasteiger partial charge in [0.1, 0.15) is 11.8 Å². The van der Waals surface area contributed by atoms with Crippen molar-refractivity contribution in [2.75, 3.05) is 6.61 Å². The first-order chi connectivity index (χ1) is 16.4. The average Bonchev–Trinajstić information content (AvgIpc) is 3.40. The van der Waals surface area contributed by atoms with Gasteiger partial charge in [-0.3, -0.25) is 14.5 Å². The van der Waals surface area contributed by atoms with Crippen LogP contribution in [0.15, 0.2) is 53.1 Å². The molecule has 0 spiro atoms. The molecule has 3 aromatic rings. The number of imide groups is 1. The maximum Gasteiger partial charge on any atom is 0.329 e. The Hall–Kier alpha value is -4.01. The zero-order valence-electron chi connectivity index (χ0n) is 19.2. The highest BCUT2D eigenvalue weighted by Crippen LogP contribution is 2.29. The predicted molar refractivity (Wildman–Crippen MR) is 121 cm³/mol. The summed E-state index contributed by atoms with van der Waals surface area (Å²) < 4.78 is 16.2. The molecule has 34 heavy (non-hydrogen) atoms. The third-order valence-corrected chi connectivity index (χ3v) is 5.34. The number of rotatable bonds is 9. The number of esters is 1. The van der Waals surface area contributed by atoms with Crippen LogP contribution in [0.25, 0.3) is 11.4 Å². The molecular formula is C25H25N3O6. The van der Waals surface area contributed by atoms with Crippen molar-refractivity contribution in [2.45, 2.75) is 39.8 Å². The molecule has 2 amide bonds. The van der Waals surface area contributed by atoms with E-state index in [1.54, 1.807) is 36.4 Å². The highest BCUT2D eigenvalue weighted by atomic mass is 16.6. The number of carbonyl (C=O) groups excluding carboxylic acids is 3. The van der Waals surface area contributed by atoms with E-state index >= 15 is 0 Å². The minimum absolute atomic E-state index is 0.0342. The fraction of sp³-hybridized carbons (Fsp3) is 0.320. The molecular weight excluding hydrogens is 438 g/mol.